The van der Waals surface area contributed by atoms with Gasteiger partial charge >= 0.3 is 0 Å². The van der Waals surface area contributed by atoms with Crippen LogP contribution in [0.2, 0.25) is 0 Å². The molecule has 4 nitrogen and oxygen atoms in total. The lowest BCUT2D eigenvalue weighted by atomic mass is 10.1. The van der Waals surface area contributed by atoms with E-state index in [1.54, 1.807) is 0 Å². The highest BCUT2D eigenvalue weighted by Gasteiger charge is 2.07. The Bertz CT molecular complexity index is 333. The second kappa shape index (κ2) is 21.8. The SMILES string of the molecule is CCCCCCCCCCCCCOCCCCC(=O)NCC[N+](C)(C)C.[I-]. The number of nitrogens with zero attached hydrogens (tertiary/aromatic N) is 1. The highest BCUT2D eigenvalue weighted by molar-refractivity contribution is 5.75. The van der Waals surface area contributed by atoms with Crippen molar-refractivity contribution in [3.8, 4) is 0 Å². The molecule has 0 atom stereocenters. The molecule has 0 saturated carbocycles. The summed E-state index contributed by atoms with van der Waals surface area (Å²) in [7, 11) is 6.41. The second-order valence-electron chi connectivity index (χ2n) is 8.97. The molecule has 1 amide bonds. The summed E-state index contributed by atoms with van der Waals surface area (Å²) in [6.45, 7) is 5.68. The zero-order chi connectivity index (χ0) is 20.2. The number of carbonyl (C=O) groups is 1. The van der Waals surface area contributed by atoms with Crippen molar-refractivity contribution < 1.29 is 38.0 Å². The molecule has 0 radical (unpaired) electrons. The van der Waals surface area contributed by atoms with Gasteiger partial charge in [-0.25, -0.2) is 0 Å². The number of rotatable bonds is 20. The molecule has 0 aromatic rings. The number of unbranched alkanes of at least 4 members (excludes halogenated alkanes) is 11. The zero-order valence-electron chi connectivity index (χ0n) is 19.4. The number of hydrogen-bond donors (Lipinski definition) is 1. The third-order valence-electron chi connectivity index (χ3n) is 4.94. The van der Waals surface area contributed by atoms with E-state index >= 15 is 0 Å². The van der Waals surface area contributed by atoms with Gasteiger partial charge in [0.25, 0.3) is 0 Å². The van der Waals surface area contributed by atoms with Gasteiger partial charge in [-0.05, 0) is 19.3 Å². The largest absolute Gasteiger partial charge is 1.00 e. The van der Waals surface area contributed by atoms with Crippen molar-refractivity contribution in [3.63, 3.8) is 0 Å². The monoisotopic (exact) mass is 512 g/mol. The van der Waals surface area contributed by atoms with E-state index in [2.05, 4.69) is 33.4 Å². The predicted molar refractivity (Wildman–Crippen MR) is 117 cm³/mol. The molecule has 170 valence electrons. The highest BCUT2D eigenvalue weighted by atomic mass is 127. The number of carbonyl (C=O) groups excluding carboxylic acids is 1. The summed E-state index contributed by atoms with van der Waals surface area (Å²) in [6.07, 6.45) is 17.6. The summed E-state index contributed by atoms with van der Waals surface area (Å²) in [6, 6.07) is 0. The fourth-order valence-electron chi connectivity index (χ4n) is 3.08. The van der Waals surface area contributed by atoms with Crippen LogP contribution in [0.1, 0.15) is 96.8 Å². The van der Waals surface area contributed by atoms with Gasteiger partial charge in [-0.2, -0.15) is 0 Å². The van der Waals surface area contributed by atoms with Crippen molar-refractivity contribution in [2.45, 2.75) is 96.8 Å². The van der Waals surface area contributed by atoms with E-state index in [0.29, 0.717) is 6.42 Å². The highest BCUT2D eigenvalue weighted by Crippen LogP contribution is 2.11. The van der Waals surface area contributed by atoms with Gasteiger partial charge in [0.15, 0.2) is 0 Å². The average Bonchev–Trinajstić information content (AvgIpc) is 2.60. The first-order valence-corrected chi connectivity index (χ1v) is 11.6. The van der Waals surface area contributed by atoms with Gasteiger partial charge in [-0.15, -0.1) is 0 Å². The Hall–Kier alpha value is 0.120. The molecular formula is C23H49IN2O2. The first-order valence-electron chi connectivity index (χ1n) is 11.6. The number of ether oxygens (including phenoxy) is 1. The first kappa shape index (κ1) is 30.3. The maximum absolute atomic E-state index is 11.7. The number of likely N-dealkylation sites (N-methyl/N-ethyl adjacent to an activating group) is 1. The summed E-state index contributed by atoms with van der Waals surface area (Å²) < 4.78 is 6.57. The van der Waals surface area contributed by atoms with E-state index in [-0.39, 0.29) is 29.9 Å². The van der Waals surface area contributed by atoms with Crippen LogP contribution >= 0.6 is 0 Å². The molecule has 0 aliphatic rings. The van der Waals surface area contributed by atoms with Crippen LogP contribution < -0.4 is 29.3 Å². The molecule has 28 heavy (non-hydrogen) atoms. The topological polar surface area (TPSA) is 38.3 Å². The van der Waals surface area contributed by atoms with Crippen LogP contribution in [0.5, 0.6) is 0 Å². The van der Waals surface area contributed by atoms with Crippen LogP contribution in [-0.2, 0) is 9.53 Å². The summed E-state index contributed by atoms with van der Waals surface area (Å²) in [5.74, 6) is 0.175. The Kier molecular flexibility index (Phi) is 23.6. The van der Waals surface area contributed by atoms with Gasteiger partial charge in [-0.1, -0.05) is 71.1 Å². The molecule has 5 heteroatoms. The molecule has 1 N–H and O–H groups in total. The van der Waals surface area contributed by atoms with Crippen molar-refractivity contribution in [1.82, 2.24) is 5.32 Å². The molecule has 0 fully saturated rings. The number of nitrogens with one attached hydrogen (secondary N) is 1. The van der Waals surface area contributed by atoms with Gasteiger partial charge < -0.3 is 38.5 Å². The molecule has 0 rings (SSSR count). The van der Waals surface area contributed by atoms with Gasteiger partial charge in [0, 0.05) is 19.6 Å². The van der Waals surface area contributed by atoms with E-state index in [4.69, 9.17) is 4.74 Å². The van der Waals surface area contributed by atoms with E-state index in [0.717, 1.165) is 43.6 Å². The van der Waals surface area contributed by atoms with E-state index < -0.39 is 0 Å². The number of hydrogen-bond acceptors (Lipinski definition) is 2. The van der Waals surface area contributed by atoms with Crippen LogP contribution in [0.4, 0.5) is 0 Å². The van der Waals surface area contributed by atoms with Gasteiger partial charge in [0.2, 0.25) is 5.91 Å². The smallest absolute Gasteiger partial charge is 0.220 e. The standard InChI is InChI=1S/C23H48N2O2.HI/c1-5-6-7-8-9-10-11-12-13-14-16-21-27-22-17-15-18-23(26)24-19-20-25(2,3)4;/h5-22H2,1-4H3;1H. The van der Waals surface area contributed by atoms with Gasteiger partial charge in [0.05, 0.1) is 34.2 Å². The Labute approximate surface area is 193 Å². The van der Waals surface area contributed by atoms with Crippen LogP contribution in [0.3, 0.4) is 0 Å². The first-order chi connectivity index (χ1) is 13.0. The molecule has 0 spiro atoms. The van der Waals surface area contributed by atoms with Crippen molar-refractivity contribution in [1.29, 1.82) is 0 Å². The zero-order valence-corrected chi connectivity index (χ0v) is 21.5. The third kappa shape index (κ3) is 26.1. The van der Waals surface area contributed by atoms with Crippen LogP contribution in [0.15, 0.2) is 0 Å². The number of amides is 1. The summed E-state index contributed by atoms with van der Waals surface area (Å²) in [5, 5.41) is 3.00. The fourth-order valence-corrected chi connectivity index (χ4v) is 3.08. The van der Waals surface area contributed by atoms with Crippen LogP contribution in [-0.4, -0.2) is 57.8 Å². The summed E-state index contributed by atoms with van der Waals surface area (Å²) in [5.41, 5.74) is 0. The minimum atomic E-state index is 0. The predicted octanol–water partition coefficient (Wildman–Crippen LogP) is 2.31. The lowest BCUT2D eigenvalue weighted by molar-refractivity contribution is -0.869. The quantitative estimate of drug-likeness (QED) is 0.155. The lowest BCUT2D eigenvalue weighted by Crippen LogP contribution is -3.00. The average molecular weight is 513 g/mol. The molecule has 0 heterocycles. The fraction of sp³-hybridized carbons (Fsp3) is 0.957. The molecule has 0 bridgehead atoms. The Balaban J connectivity index is 0. The van der Waals surface area contributed by atoms with E-state index in [9.17, 15) is 4.79 Å². The molecule has 0 aromatic carbocycles. The Morgan fingerprint density at radius 3 is 1.71 bits per heavy atom. The van der Waals surface area contributed by atoms with Crippen LogP contribution in [0.25, 0.3) is 0 Å². The molecule has 0 unspecified atom stereocenters. The molecule has 0 aromatic heterocycles. The molecule has 0 aliphatic carbocycles. The number of quaternary nitrogens is 1. The van der Waals surface area contributed by atoms with Gasteiger partial charge in [-0.3, -0.25) is 4.79 Å². The van der Waals surface area contributed by atoms with Gasteiger partial charge in [0.1, 0.15) is 0 Å². The summed E-state index contributed by atoms with van der Waals surface area (Å²) >= 11 is 0. The Morgan fingerprint density at radius 1 is 0.750 bits per heavy atom. The molecule has 0 aliphatic heterocycles. The van der Waals surface area contributed by atoms with E-state index in [1.807, 2.05) is 0 Å². The van der Waals surface area contributed by atoms with Crippen molar-refractivity contribution in [2.24, 2.45) is 0 Å². The van der Waals surface area contributed by atoms with Crippen molar-refractivity contribution >= 4 is 5.91 Å². The minimum absolute atomic E-state index is 0. The normalized spacial score (nSPS) is 11.3. The van der Waals surface area contributed by atoms with E-state index in [1.165, 1.54) is 70.6 Å². The maximum Gasteiger partial charge on any atom is 0.220 e. The summed E-state index contributed by atoms with van der Waals surface area (Å²) in [4.78, 5) is 11.7. The lowest BCUT2D eigenvalue weighted by Gasteiger charge is -2.23. The third-order valence-corrected chi connectivity index (χ3v) is 4.94. The minimum Gasteiger partial charge on any atom is -1.00 e. The molecular weight excluding hydrogens is 463 g/mol. The Morgan fingerprint density at radius 2 is 1.21 bits per heavy atom. The second-order valence-corrected chi connectivity index (χ2v) is 8.97. The number of halogens is 1. The van der Waals surface area contributed by atoms with Crippen molar-refractivity contribution in [2.75, 3.05) is 47.4 Å². The molecule has 0 saturated heterocycles. The van der Waals surface area contributed by atoms with Crippen LogP contribution in [0, 0.1) is 0 Å². The maximum atomic E-state index is 11.7. The van der Waals surface area contributed by atoms with Crippen molar-refractivity contribution in [3.05, 3.63) is 0 Å².